The Bertz CT molecular complexity index is 637. The largest absolute Gasteiger partial charge is 0.433 e. The number of alkyl halides is 3. The van der Waals surface area contributed by atoms with Crippen LogP contribution in [0.4, 0.5) is 23.2 Å². The van der Waals surface area contributed by atoms with Gasteiger partial charge in [-0.05, 0) is 40.5 Å². The monoisotopic (exact) mass is 322 g/mol. The number of halogens is 5. The van der Waals surface area contributed by atoms with Crippen molar-refractivity contribution >= 4 is 32.5 Å². The van der Waals surface area contributed by atoms with E-state index in [0.29, 0.717) is 11.6 Å². The second-order valence-electron chi connectivity index (χ2n) is 3.81. The molecule has 0 aliphatic carbocycles. The molecule has 2 N–H and O–H groups in total. The minimum Gasteiger partial charge on any atom is -0.398 e. The molecule has 1 aromatic carbocycles. The van der Waals surface area contributed by atoms with E-state index in [9.17, 15) is 17.6 Å². The maximum atomic E-state index is 13.8. The lowest BCUT2D eigenvalue weighted by Gasteiger charge is -2.12. The zero-order chi connectivity index (χ0) is 13.7. The SMILES string of the molecule is Cc1cc(Br)c(F)c2c(N)cc(C(F)(F)F)nc12. The van der Waals surface area contributed by atoms with Crippen molar-refractivity contribution in [1.82, 2.24) is 4.98 Å². The van der Waals surface area contributed by atoms with Crippen LogP contribution in [-0.4, -0.2) is 4.98 Å². The molecule has 0 radical (unpaired) electrons. The Morgan fingerprint density at radius 3 is 2.44 bits per heavy atom. The minimum atomic E-state index is -4.61. The normalized spacial score (nSPS) is 12.1. The molecule has 2 aromatic rings. The van der Waals surface area contributed by atoms with Gasteiger partial charge in [0.25, 0.3) is 0 Å². The maximum absolute atomic E-state index is 13.8. The van der Waals surface area contributed by atoms with Crippen LogP contribution in [0.25, 0.3) is 10.9 Å². The first kappa shape index (κ1) is 13.1. The molecule has 0 unspecified atom stereocenters. The molecule has 0 fully saturated rings. The maximum Gasteiger partial charge on any atom is 0.433 e. The Hall–Kier alpha value is -1.37. The van der Waals surface area contributed by atoms with Gasteiger partial charge in [0.05, 0.1) is 15.4 Å². The average Bonchev–Trinajstić information content (AvgIpc) is 2.24. The zero-order valence-electron chi connectivity index (χ0n) is 9.07. The van der Waals surface area contributed by atoms with Crippen LogP contribution < -0.4 is 5.73 Å². The van der Waals surface area contributed by atoms with E-state index in [-0.39, 0.29) is 21.1 Å². The summed E-state index contributed by atoms with van der Waals surface area (Å²) in [5.41, 5.74) is 4.41. The third kappa shape index (κ3) is 2.03. The summed E-state index contributed by atoms with van der Waals surface area (Å²) in [5.74, 6) is -0.714. The highest BCUT2D eigenvalue weighted by atomic mass is 79.9. The van der Waals surface area contributed by atoms with E-state index in [2.05, 4.69) is 20.9 Å². The summed E-state index contributed by atoms with van der Waals surface area (Å²) in [5, 5.41) is -0.102. The van der Waals surface area contributed by atoms with E-state index < -0.39 is 17.7 Å². The van der Waals surface area contributed by atoms with Gasteiger partial charge in [-0.1, -0.05) is 0 Å². The van der Waals surface area contributed by atoms with Crippen molar-refractivity contribution in [3.8, 4) is 0 Å². The molecule has 0 bridgehead atoms. The first-order valence-electron chi connectivity index (χ1n) is 4.84. The molecule has 0 saturated carbocycles. The lowest BCUT2D eigenvalue weighted by molar-refractivity contribution is -0.140. The third-order valence-corrected chi connectivity index (χ3v) is 3.06. The van der Waals surface area contributed by atoms with Crippen molar-refractivity contribution < 1.29 is 17.6 Å². The predicted molar refractivity (Wildman–Crippen MR) is 63.6 cm³/mol. The number of nitrogen functional groups attached to an aromatic ring is 1. The minimum absolute atomic E-state index is 0.0805. The fourth-order valence-electron chi connectivity index (χ4n) is 1.67. The van der Waals surface area contributed by atoms with Crippen LogP contribution in [0.15, 0.2) is 16.6 Å². The molecule has 1 aromatic heterocycles. The number of nitrogens with zero attached hydrogens (tertiary/aromatic N) is 1. The molecule has 0 amide bonds. The Morgan fingerprint density at radius 1 is 1.28 bits per heavy atom. The van der Waals surface area contributed by atoms with Gasteiger partial charge in [-0.2, -0.15) is 13.2 Å². The van der Waals surface area contributed by atoms with Crippen molar-refractivity contribution in [3.63, 3.8) is 0 Å². The Labute approximate surface area is 108 Å². The smallest absolute Gasteiger partial charge is 0.398 e. The number of rotatable bonds is 0. The number of benzene rings is 1. The van der Waals surface area contributed by atoms with Gasteiger partial charge in [0.15, 0.2) is 0 Å². The van der Waals surface area contributed by atoms with E-state index in [0.717, 1.165) is 0 Å². The molecule has 0 spiro atoms. The van der Waals surface area contributed by atoms with Crippen LogP contribution in [0, 0.1) is 12.7 Å². The van der Waals surface area contributed by atoms with Crippen molar-refractivity contribution in [1.29, 1.82) is 0 Å². The number of aryl methyl sites for hydroxylation is 1. The van der Waals surface area contributed by atoms with Crippen LogP contribution in [0.2, 0.25) is 0 Å². The lowest BCUT2D eigenvalue weighted by Crippen LogP contribution is -2.10. The van der Waals surface area contributed by atoms with E-state index in [4.69, 9.17) is 5.73 Å². The van der Waals surface area contributed by atoms with Crippen molar-refractivity contribution in [2.75, 3.05) is 5.73 Å². The number of hydrogen-bond donors (Lipinski definition) is 1. The van der Waals surface area contributed by atoms with Crippen LogP contribution in [0.1, 0.15) is 11.3 Å². The van der Waals surface area contributed by atoms with Gasteiger partial charge < -0.3 is 5.73 Å². The summed E-state index contributed by atoms with van der Waals surface area (Å²) in [7, 11) is 0. The van der Waals surface area contributed by atoms with E-state index in [1.165, 1.54) is 6.07 Å². The van der Waals surface area contributed by atoms with E-state index in [1.807, 2.05) is 0 Å². The molecular formula is C11H7BrF4N2. The molecule has 2 nitrogen and oxygen atoms in total. The first-order chi connectivity index (χ1) is 8.21. The second kappa shape index (κ2) is 4.08. The highest BCUT2D eigenvalue weighted by Crippen LogP contribution is 2.35. The van der Waals surface area contributed by atoms with Gasteiger partial charge in [0.2, 0.25) is 0 Å². The standard InChI is InChI=1S/C11H7BrF4N2/c1-4-2-5(12)9(13)8-6(17)3-7(11(14,15)16)18-10(4)8/h2-3H,1H3,(H2,17,18). The molecule has 1 heterocycles. The van der Waals surface area contributed by atoms with Gasteiger partial charge in [-0.3, -0.25) is 0 Å². The fourth-order valence-corrected chi connectivity index (χ4v) is 2.21. The van der Waals surface area contributed by atoms with Crippen molar-refractivity contribution in [3.05, 3.63) is 33.7 Å². The van der Waals surface area contributed by atoms with Crippen LogP contribution in [-0.2, 0) is 6.18 Å². The molecule has 0 atom stereocenters. The van der Waals surface area contributed by atoms with Crippen LogP contribution in [0.5, 0.6) is 0 Å². The van der Waals surface area contributed by atoms with Crippen LogP contribution in [0.3, 0.4) is 0 Å². The molecular weight excluding hydrogens is 316 g/mol. The topological polar surface area (TPSA) is 38.9 Å². The summed E-state index contributed by atoms with van der Waals surface area (Å²) >= 11 is 2.98. The number of pyridine rings is 1. The van der Waals surface area contributed by atoms with Gasteiger partial charge in [0.1, 0.15) is 11.5 Å². The summed E-state index contributed by atoms with van der Waals surface area (Å²) < 4.78 is 51.7. The third-order valence-electron chi connectivity index (χ3n) is 2.49. The molecule has 2 rings (SSSR count). The van der Waals surface area contributed by atoms with Gasteiger partial charge >= 0.3 is 6.18 Å². The molecule has 0 saturated heterocycles. The van der Waals surface area contributed by atoms with Crippen molar-refractivity contribution in [2.24, 2.45) is 0 Å². The summed E-state index contributed by atoms with van der Waals surface area (Å²) in [4.78, 5) is 3.44. The van der Waals surface area contributed by atoms with E-state index in [1.54, 1.807) is 6.92 Å². The summed E-state index contributed by atoms with van der Waals surface area (Å²) in [6.07, 6.45) is -4.61. The Balaban J connectivity index is 2.91. The summed E-state index contributed by atoms with van der Waals surface area (Å²) in [6, 6.07) is 2.00. The summed E-state index contributed by atoms with van der Waals surface area (Å²) in [6.45, 7) is 1.54. The molecule has 0 aliphatic rings. The number of anilines is 1. The van der Waals surface area contributed by atoms with Crippen molar-refractivity contribution in [2.45, 2.75) is 13.1 Å². The van der Waals surface area contributed by atoms with Gasteiger partial charge in [0, 0.05) is 5.69 Å². The predicted octanol–water partition coefficient (Wildman–Crippen LogP) is 4.05. The number of nitrogens with two attached hydrogens (primary N) is 1. The zero-order valence-corrected chi connectivity index (χ0v) is 10.7. The Kier molecular flexibility index (Phi) is 2.96. The lowest BCUT2D eigenvalue weighted by atomic mass is 10.1. The van der Waals surface area contributed by atoms with Gasteiger partial charge in [-0.25, -0.2) is 9.37 Å². The molecule has 7 heteroatoms. The fraction of sp³-hybridized carbons (Fsp3) is 0.182. The molecule has 18 heavy (non-hydrogen) atoms. The average molecular weight is 323 g/mol. The first-order valence-corrected chi connectivity index (χ1v) is 5.63. The second-order valence-corrected chi connectivity index (χ2v) is 4.66. The number of hydrogen-bond acceptors (Lipinski definition) is 2. The highest BCUT2D eigenvalue weighted by Gasteiger charge is 2.33. The number of aromatic nitrogens is 1. The quantitative estimate of drug-likeness (QED) is 0.743. The Morgan fingerprint density at radius 2 is 1.89 bits per heavy atom. The molecule has 0 aliphatic heterocycles. The highest BCUT2D eigenvalue weighted by molar-refractivity contribution is 9.10. The van der Waals surface area contributed by atoms with E-state index >= 15 is 0 Å². The molecule has 96 valence electrons. The van der Waals surface area contributed by atoms with Gasteiger partial charge in [-0.15, -0.1) is 0 Å². The number of fused-ring (bicyclic) bond motifs is 1. The van der Waals surface area contributed by atoms with Crippen LogP contribution >= 0.6 is 15.9 Å².